The first kappa shape index (κ1) is 15.1. The van der Waals surface area contributed by atoms with Crippen LogP contribution in [-0.2, 0) is 6.42 Å². The Morgan fingerprint density at radius 1 is 0.900 bits per heavy atom. The number of benzene rings is 2. The van der Waals surface area contributed by atoms with Gasteiger partial charge in [0.1, 0.15) is 0 Å². The maximum absolute atomic E-state index is 13.7. The summed E-state index contributed by atoms with van der Waals surface area (Å²) >= 11 is 5.17. The fraction of sp³-hybridized carbons (Fsp3) is 0.0769. The maximum Gasteiger partial charge on any atom is 0.198 e. The van der Waals surface area contributed by atoms with Crippen LogP contribution in [0, 0.1) is 23.3 Å². The van der Waals surface area contributed by atoms with Crippen molar-refractivity contribution < 1.29 is 21.4 Å². The Hall–Kier alpha value is -1.27. The highest BCUT2D eigenvalue weighted by molar-refractivity contribution is 7.94. The summed E-state index contributed by atoms with van der Waals surface area (Å²) in [6, 6.07) is 6.18. The Bertz CT molecular complexity index is 660. The molecule has 7 heteroatoms. The molecule has 0 aliphatic carbocycles. The minimum absolute atomic E-state index is 0.229. The lowest BCUT2D eigenvalue weighted by molar-refractivity contribution is 0.392. The van der Waals surface area contributed by atoms with Gasteiger partial charge in [-0.25, -0.2) is 17.6 Å². The second-order valence-electron chi connectivity index (χ2n) is 3.91. The third-order valence-corrected chi connectivity index (χ3v) is 3.67. The summed E-state index contributed by atoms with van der Waals surface area (Å²) in [6.45, 7) is 0. The molecule has 20 heavy (non-hydrogen) atoms. The van der Waals surface area contributed by atoms with E-state index in [0.717, 1.165) is 0 Å². The van der Waals surface area contributed by atoms with Gasteiger partial charge in [0.25, 0.3) is 0 Å². The minimum atomic E-state index is -2.04. The Kier molecular flexibility index (Phi) is 4.55. The van der Waals surface area contributed by atoms with Gasteiger partial charge in [-0.05, 0) is 11.6 Å². The Morgan fingerprint density at radius 2 is 1.50 bits per heavy atom. The average molecular weight is 325 g/mol. The van der Waals surface area contributed by atoms with E-state index in [1.54, 1.807) is 12.1 Å². The van der Waals surface area contributed by atoms with E-state index in [1.165, 1.54) is 12.1 Å². The number of hydrogen-bond donors (Lipinski definition) is 0. The molecule has 0 aliphatic rings. The predicted octanol–water partition coefficient (Wildman–Crippen LogP) is 5.46. The molecule has 0 aromatic heterocycles. The molecule has 0 bridgehead atoms. The van der Waals surface area contributed by atoms with Crippen LogP contribution in [-0.4, -0.2) is 0 Å². The summed E-state index contributed by atoms with van der Waals surface area (Å²) in [7, 11) is 0. The maximum atomic E-state index is 13.7. The Morgan fingerprint density at radius 3 is 2.10 bits per heavy atom. The van der Waals surface area contributed by atoms with E-state index in [9.17, 15) is 21.4 Å². The van der Waals surface area contributed by atoms with Gasteiger partial charge in [0.2, 0.25) is 0 Å². The lowest BCUT2D eigenvalue weighted by Crippen LogP contribution is -2.06. The molecular formula is C13H6ClF5S. The van der Waals surface area contributed by atoms with Crippen LogP contribution in [0.5, 0.6) is 0 Å². The molecule has 106 valence electrons. The second kappa shape index (κ2) is 6.01. The van der Waals surface area contributed by atoms with E-state index in [4.69, 9.17) is 11.6 Å². The number of hydrogen-bond acceptors (Lipinski definition) is 1. The smallest absolute Gasteiger partial charge is 0.198 e. The van der Waals surface area contributed by atoms with Crippen LogP contribution in [0.25, 0.3) is 0 Å². The van der Waals surface area contributed by atoms with Crippen molar-refractivity contribution >= 4 is 23.7 Å². The van der Waals surface area contributed by atoms with Crippen LogP contribution in [0.15, 0.2) is 29.2 Å². The summed E-state index contributed by atoms with van der Waals surface area (Å²) < 4.78 is 66.1. The van der Waals surface area contributed by atoms with Crippen molar-refractivity contribution in [2.45, 2.75) is 11.3 Å². The summed E-state index contributed by atoms with van der Waals surface area (Å²) in [5.74, 6) is -7.38. The highest BCUT2D eigenvalue weighted by Crippen LogP contribution is 2.34. The molecule has 0 saturated heterocycles. The Labute approximate surface area is 120 Å². The summed E-state index contributed by atoms with van der Waals surface area (Å²) in [6.07, 6.45) is -0.355. The van der Waals surface area contributed by atoms with E-state index >= 15 is 0 Å². The van der Waals surface area contributed by atoms with Crippen molar-refractivity contribution in [3.8, 4) is 0 Å². The zero-order chi connectivity index (χ0) is 14.9. The van der Waals surface area contributed by atoms with Crippen LogP contribution in [0.2, 0.25) is 5.02 Å². The molecule has 0 radical (unpaired) electrons. The summed E-state index contributed by atoms with van der Waals surface area (Å²) in [4.78, 5) is -0.915. The van der Waals surface area contributed by atoms with Crippen LogP contribution >= 0.6 is 23.7 Å². The molecule has 0 spiro atoms. The molecule has 0 amide bonds. The summed E-state index contributed by atoms with van der Waals surface area (Å²) in [5.41, 5.74) is -0.268. The van der Waals surface area contributed by atoms with Crippen molar-refractivity contribution in [1.82, 2.24) is 0 Å². The van der Waals surface area contributed by atoms with Gasteiger partial charge >= 0.3 is 0 Å². The molecule has 0 aliphatic heterocycles. The first-order chi connectivity index (χ1) is 9.47. The zero-order valence-electron chi connectivity index (χ0n) is 9.69. The number of rotatable bonds is 3. The molecule has 0 heterocycles. The molecule has 0 saturated carbocycles. The van der Waals surface area contributed by atoms with Crippen LogP contribution in [0.3, 0.4) is 0 Å². The average Bonchev–Trinajstić information content (AvgIpc) is 2.45. The van der Waals surface area contributed by atoms with E-state index in [1.807, 2.05) is 0 Å². The van der Waals surface area contributed by atoms with E-state index in [0.29, 0.717) is 5.56 Å². The predicted molar refractivity (Wildman–Crippen MR) is 67.5 cm³/mol. The second-order valence-corrected chi connectivity index (χ2v) is 4.88. The number of halogens is 6. The third kappa shape index (κ3) is 2.62. The lowest BCUT2D eigenvalue weighted by Gasteiger charge is -2.11. The fourth-order valence-electron chi connectivity index (χ4n) is 1.73. The van der Waals surface area contributed by atoms with E-state index in [-0.39, 0.29) is 11.4 Å². The first-order valence-electron chi connectivity index (χ1n) is 5.34. The quantitative estimate of drug-likeness (QED) is 0.410. The monoisotopic (exact) mass is 324 g/mol. The van der Waals surface area contributed by atoms with Gasteiger partial charge in [0, 0.05) is 17.0 Å². The van der Waals surface area contributed by atoms with Gasteiger partial charge in [-0.1, -0.05) is 29.8 Å². The van der Waals surface area contributed by atoms with Crippen molar-refractivity contribution in [2.75, 3.05) is 0 Å². The largest absolute Gasteiger partial charge is 0.203 e. The first-order valence-corrected chi connectivity index (χ1v) is 6.43. The van der Waals surface area contributed by atoms with Crippen LogP contribution in [0.1, 0.15) is 11.1 Å². The molecule has 0 N–H and O–H groups in total. The van der Waals surface area contributed by atoms with Crippen LogP contribution in [0.4, 0.5) is 21.4 Å². The van der Waals surface area contributed by atoms with E-state index in [2.05, 4.69) is 0 Å². The molecule has 2 aromatic rings. The molecular weight excluding hydrogens is 319 g/mol. The van der Waals surface area contributed by atoms with Crippen molar-refractivity contribution in [3.63, 3.8) is 0 Å². The van der Waals surface area contributed by atoms with Crippen molar-refractivity contribution in [3.05, 3.63) is 63.7 Å². The SMILES string of the molecule is FSc1c(F)c(F)c(F)c(F)c1Cc1ccccc1Cl. The van der Waals surface area contributed by atoms with Crippen molar-refractivity contribution in [2.24, 2.45) is 0 Å². The highest BCUT2D eigenvalue weighted by atomic mass is 35.5. The molecule has 0 nitrogen and oxygen atoms in total. The third-order valence-electron chi connectivity index (χ3n) is 2.72. The lowest BCUT2D eigenvalue weighted by atomic mass is 10.0. The van der Waals surface area contributed by atoms with Crippen molar-refractivity contribution in [1.29, 1.82) is 0 Å². The molecule has 0 atom stereocenters. The minimum Gasteiger partial charge on any atom is -0.203 e. The standard InChI is InChI=1S/C13H6ClF5S/c14-8-4-2-1-3-6(8)5-7-9(15)10(16)11(17)12(18)13(7)20-19/h1-4H,5H2. The topological polar surface area (TPSA) is 0 Å². The Balaban J connectivity index is 2.60. The van der Waals surface area contributed by atoms with Gasteiger partial charge < -0.3 is 0 Å². The van der Waals surface area contributed by atoms with Gasteiger partial charge in [-0.15, -0.1) is 0 Å². The molecule has 0 unspecified atom stereocenters. The van der Waals surface area contributed by atoms with Crippen LogP contribution < -0.4 is 0 Å². The molecule has 2 aromatic carbocycles. The zero-order valence-corrected chi connectivity index (χ0v) is 11.3. The van der Waals surface area contributed by atoms with Gasteiger partial charge in [0.05, 0.1) is 17.0 Å². The van der Waals surface area contributed by atoms with Gasteiger partial charge in [-0.2, -0.15) is 3.89 Å². The highest BCUT2D eigenvalue weighted by Gasteiger charge is 2.26. The molecule has 2 rings (SSSR count). The normalized spacial score (nSPS) is 10.9. The fourth-order valence-corrected chi connectivity index (χ4v) is 2.34. The summed E-state index contributed by atoms with van der Waals surface area (Å²) in [5, 5.41) is 0.229. The van der Waals surface area contributed by atoms with Gasteiger partial charge in [0.15, 0.2) is 23.3 Å². The van der Waals surface area contributed by atoms with E-state index < -0.39 is 45.9 Å². The molecule has 0 fully saturated rings. The van der Waals surface area contributed by atoms with Gasteiger partial charge in [-0.3, -0.25) is 0 Å².